The van der Waals surface area contributed by atoms with Gasteiger partial charge in [-0.25, -0.2) is 4.79 Å². The average molecular weight is 338 g/mol. The number of aliphatic hydroxyl groups is 1. The third-order valence-corrected chi connectivity index (χ3v) is 4.78. The minimum Gasteiger partial charge on any atom is -0.391 e. The zero-order valence-electron chi connectivity index (χ0n) is 14.5. The number of β-amino-alcohol motifs (C(OH)–C–C–N with tert-alkyl or cyclic N) is 1. The van der Waals surface area contributed by atoms with Gasteiger partial charge in [-0.05, 0) is 30.4 Å². The Morgan fingerprint density at radius 3 is 2.48 bits per heavy atom. The van der Waals surface area contributed by atoms with E-state index in [2.05, 4.69) is 29.6 Å². The van der Waals surface area contributed by atoms with Crippen LogP contribution in [0.3, 0.4) is 0 Å². The van der Waals surface area contributed by atoms with E-state index in [1.807, 2.05) is 36.4 Å². The minimum atomic E-state index is -0.395. The Kier molecular flexibility index (Phi) is 6.07. The molecule has 1 fully saturated rings. The molecular weight excluding hydrogens is 312 g/mol. The largest absolute Gasteiger partial charge is 0.391 e. The number of hydrogen-bond acceptors (Lipinski definition) is 2. The number of carbonyl (C=O) groups excluding carboxylic acids is 1. The van der Waals surface area contributed by atoms with Crippen LogP contribution in [0.5, 0.6) is 0 Å². The molecule has 0 bridgehead atoms. The summed E-state index contributed by atoms with van der Waals surface area (Å²) in [7, 11) is 0. The van der Waals surface area contributed by atoms with Crippen molar-refractivity contribution in [2.45, 2.75) is 31.3 Å². The maximum absolute atomic E-state index is 12.4. The first kappa shape index (κ1) is 17.5. The second-order valence-corrected chi connectivity index (χ2v) is 6.73. The topological polar surface area (TPSA) is 52.6 Å². The van der Waals surface area contributed by atoms with Gasteiger partial charge in [-0.3, -0.25) is 0 Å². The van der Waals surface area contributed by atoms with Gasteiger partial charge in [0.25, 0.3) is 0 Å². The molecule has 2 N–H and O–H groups in total. The SMILES string of the molecule is O=C(NCC(Cc1ccccc1)c1ccccc1)N1CCCC(O)C1. The Bertz CT molecular complexity index is 660. The Labute approximate surface area is 149 Å². The highest BCUT2D eigenvalue weighted by molar-refractivity contribution is 5.74. The maximum atomic E-state index is 12.4. The number of hydrogen-bond donors (Lipinski definition) is 2. The molecule has 2 unspecified atom stereocenters. The van der Waals surface area contributed by atoms with Crippen molar-refractivity contribution in [3.05, 3.63) is 71.8 Å². The predicted octanol–water partition coefficient (Wildman–Crippen LogP) is 3.18. The smallest absolute Gasteiger partial charge is 0.317 e. The van der Waals surface area contributed by atoms with E-state index in [-0.39, 0.29) is 11.9 Å². The molecule has 0 radical (unpaired) electrons. The van der Waals surface area contributed by atoms with E-state index in [4.69, 9.17) is 0 Å². The summed E-state index contributed by atoms with van der Waals surface area (Å²) >= 11 is 0. The predicted molar refractivity (Wildman–Crippen MR) is 99.5 cm³/mol. The van der Waals surface area contributed by atoms with Gasteiger partial charge in [-0.1, -0.05) is 60.7 Å². The number of carbonyl (C=O) groups is 1. The first-order chi connectivity index (χ1) is 12.2. The van der Waals surface area contributed by atoms with Crippen LogP contribution in [0.2, 0.25) is 0 Å². The zero-order chi connectivity index (χ0) is 17.5. The van der Waals surface area contributed by atoms with Crippen LogP contribution >= 0.6 is 0 Å². The van der Waals surface area contributed by atoms with E-state index in [0.29, 0.717) is 13.1 Å². The molecular formula is C21H26N2O2. The molecule has 1 heterocycles. The summed E-state index contributed by atoms with van der Waals surface area (Å²) in [6.07, 6.45) is 2.13. The number of urea groups is 1. The Hall–Kier alpha value is -2.33. The van der Waals surface area contributed by atoms with E-state index >= 15 is 0 Å². The highest BCUT2D eigenvalue weighted by Crippen LogP contribution is 2.20. The van der Waals surface area contributed by atoms with E-state index in [1.165, 1.54) is 11.1 Å². The second kappa shape index (κ2) is 8.67. The van der Waals surface area contributed by atoms with Crippen molar-refractivity contribution in [2.75, 3.05) is 19.6 Å². The van der Waals surface area contributed by atoms with Gasteiger partial charge >= 0.3 is 6.03 Å². The van der Waals surface area contributed by atoms with Crippen LogP contribution in [0.1, 0.15) is 29.9 Å². The van der Waals surface area contributed by atoms with Gasteiger partial charge in [-0.15, -0.1) is 0 Å². The minimum absolute atomic E-state index is 0.0762. The highest BCUT2D eigenvalue weighted by Gasteiger charge is 2.22. The van der Waals surface area contributed by atoms with Crippen LogP contribution in [-0.4, -0.2) is 41.8 Å². The van der Waals surface area contributed by atoms with Gasteiger partial charge in [0.15, 0.2) is 0 Å². The summed E-state index contributed by atoms with van der Waals surface area (Å²) in [6, 6.07) is 20.6. The number of nitrogens with one attached hydrogen (secondary N) is 1. The molecule has 1 aliphatic heterocycles. The normalized spacial score (nSPS) is 18.6. The van der Waals surface area contributed by atoms with E-state index in [1.54, 1.807) is 4.90 Å². The molecule has 25 heavy (non-hydrogen) atoms. The molecule has 1 saturated heterocycles. The molecule has 0 spiro atoms. The summed E-state index contributed by atoms with van der Waals surface area (Å²) in [5.41, 5.74) is 2.49. The van der Waals surface area contributed by atoms with Gasteiger partial charge in [0, 0.05) is 25.6 Å². The Balaban J connectivity index is 1.64. The Morgan fingerprint density at radius 2 is 1.80 bits per heavy atom. The third-order valence-electron chi connectivity index (χ3n) is 4.78. The van der Waals surface area contributed by atoms with Crippen LogP contribution in [-0.2, 0) is 6.42 Å². The van der Waals surface area contributed by atoms with Crippen molar-refractivity contribution >= 4 is 6.03 Å². The first-order valence-corrected chi connectivity index (χ1v) is 9.02. The number of benzene rings is 2. The summed E-state index contributed by atoms with van der Waals surface area (Å²) in [6.45, 7) is 1.74. The zero-order valence-corrected chi connectivity index (χ0v) is 14.5. The van der Waals surface area contributed by atoms with Crippen LogP contribution < -0.4 is 5.32 Å². The van der Waals surface area contributed by atoms with Crippen molar-refractivity contribution in [3.8, 4) is 0 Å². The van der Waals surface area contributed by atoms with Gasteiger partial charge in [0.2, 0.25) is 0 Å². The van der Waals surface area contributed by atoms with E-state index < -0.39 is 6.10 Å². The molecule has 1 aliphatic rings. The summed E-state index contributed by atoms with van der Waals surface area (Å²) < 4.78 is 0. The van der Waals surface area contributed by atoms with Crippen LogP contribution in [0, 0.1) is 0 Å². The summed E-state index contributed by atoms with van der Waals surface area (Å²) in [5, 5.41) is 12.8. The molecule has 2 aromatic rings. The second-order valence-electron chi connectivity index (χ2n) is 6.73. The number of rotatable bonds is 5. The molecule has 0 saturated carbocycles. The standard InChI is InChI=1S/C21H26N2O2/c24-20-12-7-13-23(16-20)21(25)22-15-19(18-10-5-2-6-11-18)14-17-8-3-1-4-9-17/h1-6,8-11,19-20,24H,7,12-16H2,(H,22,25). The van der Waals surface area contributed by atoms with Crippen molar-refractivity contribution in [1.29, 1.82) is 0 Å². The van der Waals surface area contributed by atoms with Crippen LogP contribution in [0.25, 0.3) is 0 Å². The van der Waals surface area contributed by atoms with Gasteiger partial charge in [-0.2, -0.15) is 0 Å². The molecule has 0 aromatic heterocycles. The third kappa shape index (κ3) is 5.07. The summed E-state index contributed by atoms with van der Waals surface area (Å²) in [4.78, 5) is 14.2. The highest BCUT2D eigenvalue weighted by atomic mass is 16.3. The maximum Gasteiger partial charge on any atom is 0.317 e. The lowest BCUT2D eigenvalue weighted by Crippen LogP contribution is -2.48. The lowest BCUT2D eigenvalue weighted by molar-refractivity contribution is 0.0842. The fraction of sp³-hybridized carbons (Fsp3) is 0.381. The van der Waals surface area contributed by atoms with Crippen molar-refractivity contribution in [3.63, 3.8) is 0 Å². The number of likely N-dealkylation sites (tertiary alicyclic amines) is 1. The van der Waals surface area contributed by atoms with Crippen molar-refractivity contribution in [1.82, 2.24) is 10.2 Å². The molecule has 132 valence electrons. The molecule has 2 atom stereocenters. The number of aliphatic hydroxyl groups excluding tert-OH is 1. The fourth-order valence-electron chi connectivity index (χ4n) is 3.39. The molecule has 0 aliphatic carbocycles. The molecule has 2 amide bonds. The number of amides is 2. The monoisotopic (exact) mass is 338 g/mol. The first-order valence-electron chi connectivity index (χ1n) is 9.02. The fourth-order valence-corrected chi connectivity index (χ4v) is 3.39. The number of nitrogens with zero attached hydrogens (tertiary/aromatic N) is 1. The van der Waals surface area contributed by atoms with Crippen molar-refractivity contribution < 1.29 is 9.90 Å². The quantitative estimate of drug-likeness (QED) is 0.880. The Morgan fingerprint density at radius 1 is 1.12 bits per heavy atom. The number of piperidine rings is 1. The van der Waals surface area contributed by atoms with Gasteiger partial charge in [0.05, 0.1) is 6.10 Å². The van der Waals surface area contributed by atoms with Crippen LogP contribution in [0.4, 0.5) is 4.79 Å². The molecule has 4 nitrogen and oxygen atoms in total. The molecule has 3 rings (SSSR count). The molecule has 2 aromatic carbocycles. The lowest BCUT2D eigenvalue weighted by Gasteiger charge is -2.30. The lowest BCUT2D eigenvalue weighted by atomic mass is 9.92. The van der Waals surface area contributed by atoms with Gasteiger partial charge < -0.3 is 15.3 Å². The molecule has 4 heteroatoms. The van der Waals surface area contributed by atoms with Crippen molar-refractivity contribution in [2.24, 2.45) is 0 Å². The van der Waals surface area contributed by atoms with E-state index in [9.17, 15) is 9.90 Å². The van der Waals surface area contributed by atoms with Crippen LogP contribution in [0.15, 0.2) is 60.7 Å². The van der Waals surface area contributed by atoms with Gasteiger partial charge in [0.1, 0.15) is 0 Å². The average Bonchev–Trinajstić information content (AvgIpc) is 2.66. The van der Waals surface area contributed by atoms with E-state index in [0.717, 1.165) is 25.8 Å². The summed E-state index contributed by atoms with van der Waals surface area (Å²) in [5.74, 6) is 0.224.